The van der Waals surface area contributed by atoms with Crippen molar-refractivity contribution in [1.29, 1.82) is 0 Å². The zero-order valence-corrected chi connectivity index (χ0v) is 14.7. The third-order valence-corrected chi connectivity index (χ3v) is 4.96. The fourth-order valence-corrected chi connectivity index (χ4v) is 4.21. The number of pyridine rings is 1. The van der Waals surface area contributed by atoms with Gasteiger partial charge in [0, 0.05) is 18.1 Å². The molecular weight excluding hydrogens is 310 g/mol. The number of hydrogen-bond acceptors (Lipinski definition) is 4. The molecule has 0 fully saturated rings. The van der Waals surface area contributed by atoms with Gasteiger partial charge < -0.3 is 4.74 Å². The molecular formula is C18H19NO3S. The van der Waals surface area contributed by atoms with Crippen LogP contribution in [0.1, 0.15) is 38.8 Å². The summed E-state index contributed by atoms with van der Waals surface area (Å²) in [6.45, 7) is 9.22. The van der Waals surface area contributed by atoms with Crippen LogP contribution in [-0.2, 0) is 10.2 Å². The monoisotopic (exact) mass is 329 g/mol. The molecule has 0 N–H and O–H groups in total. The first-order valence-electron chi connectivity index (χ1n) is 7.47. The Bertz CT molecular complexity index is 989. The van der Waals surface area contributed by atoms with Crippen molar-refractivity contribution in [2.24, 2.45) is 0 Å². The van der Waals surface area contributed by atoms with Crippen molar-refractivity contribution in [3.8, 4) is 5.75 Å². The van der Waals surface area contributed by atoms with Crippen LogP contribution in [-0.4, -0.2) is 10.4 Å². The number of rotatable bonds is 1. The molecule has 5 heteroatoms. The minimum atomic E-state index is -0.383. The summed E-state index contributed by atoms with van der Waals surface area (Å²) in [6.07, 6.45) is 0. The van der Waals surface area contributed by atoms with E-state index < -0.39 is 0 Å². The Morgan fingerprint density at radius 2 is 1.87 bits per heavy atom. The number of para-hydroxylation sites is 1. The summed E-state index contributed by atoms with van der Waals surface area (Å²) in [7, 11) is 0. The van der Waals surface area contributed by atoms with Crippen molar-refractivity contribution < 1.29 is 9.53 Å². The minimum Gasteiger partial charge on any atom is -0.423 e. The molecule has 0 atom stereocenters. The second kappa shape index (κ2) is 5.20. The lowest BCUT2D eigenvalue weighted by atomic mass is 9.85. The highest BCUT2D eigenvalue weighted by molar-refractivity contribution is 7.24. The molecule has 0 bridgehead atoms. The number of nitrogens with zero attached hydrogens (tertiary/aromatic N) is 1. The van der Waals surface area contributed by atoms with E-state index in [1.165, 1.54) is 18.3 Å². The Morgan fingerprint density at radius 3 is 2.48 bits per heavy atom. The number of aromatic nitrogens is 1. The second-order valence-corrected chi connectivity index (χ2v) is 7.72. The zero-order valence-electron chi connectivity index (χ0n) is 13.9. The highest BCUT2D eigenvalue weighted by Crippen LogP contribution is 2.37. The fraction of sp³-hybridized carbons (Fsp3) is 0.333. The summed E-state index contributed by atoms with van der Waals surface area (Å²) in [4.78, 5) is 25.4. The first-order chi connectivity index (χ1) is 10.7. The quantitative estimate of drug-likeness (QED) is 0.633. The van der Waals surface area contributed by atoms with E-state index in [4.69, 9.17) is 4.74 Å². The Morgan fingerprint density at radius 1 is 1.22 bits per heavy atom. The molecule has 0 unspecified atom stereocenters. The number of hydrogen-bond donors (Lipinski definition) is 0. The van der Waals surface area contributed by atoms with Crippen LogP contribution in [0.25, 0.3) is 15.0 Å². The number of carbonyl (C=O) groups is 1. The van der Waals surface area contributed by atoms with E-state index in [2.05, 4.69) is 0 Å². The molecule has 4 nitrogen and oxygen atoms in total. The lowest BCUT2D eigenvalue weighted by Gasteiger charge is -2.22. The van der Waals surface area contributed by atoms with Crippen LogP contribution in [0.2, 0.25) is 0 Å². The molecule has 2 aromatic heterocycles. The highest BCUT2D eigenvalue weighted by Gasteiger charge is 2.27. The van der Waals surface area contributed by atoms with Crippen LogP contribution in [0.4, 0.5) is 0 Å². The molecule has 23 heavy (non-hydrogen) atoms. The summed E-state index contributed by atoms with van der Waals surface area (Å²) >= 11 is 1.46. The predicted molar refractivity (Wildman–Crippen MR) is 93.8 cm³/mol. The average Bonchev–Trinajstić information content (AvgIpc) is 2.81. The average molecular weight is 329 g/mol. The van der Waals surface area contributed by atoms with E-state index in [0.29, 0.717) is 16.1 Å². The molecule has 0 amide bonds. The van der Waals surface area contributed by atoms with Crippen molar-refractivity contribution in [2.75, 3.05) is 0 Å². The highest BCUT2D eigenvalue weighted by atomic mass is 32.1. The summed E-state index contributed by atoms with van der Waals surface area (Å²) in [5.74, 6) is 0.106. The molecule has 0 aliphatic rings. The molecule has 0 radical (unpaired) electrons. The van der Waals surface area contributed by atoms with Gasteiger partial charge in [0.2, 0.25) is 0 Å². The van der Waals surface area contributed by atoms with E-state index in [-0.39, 0.29) is 16.9 Å². The van der Waals surface area contributed by atoms with Crippen LogP contribution >= 0.6 is 11.3 Å². The first kappa shape index (κ1) is 15.7. The molecule has 3 aromatic rings. The SMILES string of the molecule is CC(=O)Oc1c(C)c(C(C)(C)C)c(=O)n2c1sc1ccccc12. The van der Waals surface area contributed by atoms with E-state index in [1.807, 2.05) is 52.0 Å². The predicted octanol–water partition coefficient (Wildman–Crippen LogP) is 4.05. The van der Waals surface area contributed by atoms with Crippen LogP contribution in [0, 0.1) is 6.92 Å². The number of benzene rings is 1. The second-order valence-electron chi connectivity index (χ2n) is 6.69. The zero-order chi connectivity index (χ0) is 16.9. The van der Waals surface area contributed by atoms with Gasteiger partial charge in [0.1, 0.15) is 4.83 Å². The molecule has 0 spiro atoms. The fourth-order valence-electron chi connectivity index (χ4n) is 3.03. The number of esters is 1. The van der Waals surface area contributed by atoms with Gasteiger partial charge in [0.15, 0.2) is 5.75 Å². The Labute approximate surface area is 138 Å². The number of fused-ring (bicyclic) bond motifs is 3. The molecule has 2 heterocycles. The Balaban J connectivity index is 2.58. The van der Waals surface area contributed by atoms with Crippen molar-refractivity contribution in [2.45, 2.75) is 40.0 Å². The summed E-state index contributed by atoms with van der Waals surface area (Å²) in [5, 5.41) is 0. The molecule has 3 rings (SSSR count). The molecule has 120 valence electrons. The number of ether oxygens (including phenoxy) is 1. The van der Waals surface area contributed by atoms with E-state index in [1.54, 1.807) is 4.40 Å². The maximum Gasteiger partial charge on any atom is 0.308 e. The Kier molecular flexibility index (Phi) is 3.56. The van der Waals surface area contributed by atoms with Gasteiger partial charge in [-0.3, -0.25) is 14.0 Å². The van der Waals surface area contributed by atoms with Gasteiger partial charge in [0.05, 0.1) is 10.2 Å². The smallest absolute Gasteiger partial charge is 0.308 e. The third kappa shape index (κ3) is 2.45. The van der Waals surface area contributed by atoms with Gasteiger partial charge in [-0.25, -0.2) is 0 Å². The van der Waals surface area contributed by atoms with E-state index in [9.17, 15) is 9.59 Å². The van der Waals surface area contributed by atoms with Crippen LogP contribution in [0.3, 0.4) is 0 Å². The van der Waals surface area contributed by atoms with Crippen molar-refractivity contribution in [1.82, 2.24) is 4.40 Å². The largest absolute Gasteiger partial charge is 0.423 e. The molecule has 1 aromatic carbocycles. The van der Waals surface area contributed by atoms with Gasteiger partial charge >= 0.3 is 5.97 Å². The number of thiazole rings is 1. The van der Waals surface area contributed by atoms with Gasteiger partial charge in [0.25, 0.3) is 5.56 Å². The maximum atomic E-state index is 13.1. The third-order valence-electron chi connectivity index (χ3n) is 3.84. The van der Waals surface area contributed by atoms with Crippen LogP contribution in [0.5, 0.6) is 5.75 Å². The summed E-state index contributed by atoms with van der Waals surface area (Å²) in [6, 6.07) is 7.73. The topological polar surface area (TPSA) is 47.8 Å². The maximum absolute atomic E-state index is 13.1. The van der Waals surface area contributed by atoms with E-state index in [0.717, 1.165) is 15.8 Å². The molecule has 0 saturated carbocycles. The van der Waals surface area contributed by atoms with Crippen molar-refractivity contribution in [3.63, 3.8) is 0 Å². The summed E-state index contributed by atoms with van der Waals surface area (Å²) in [5.41, 5.74) is 1.87. The molecule has 0 aliphatic carbocycles. The summed E-state index contributed by atoms with van der Waals surface area (Å²) < 4.78 is 8.15. The van der Waals surface area contributed by atoms with Crippen molar-refractivity contribution >= 4 is 32.4 Å². The Hall–Kier alpha value is -2.14. The van der Waals surface area contributed by atoms with Gasteiger partial charge in [-0.2, -0.15) is 0 Å². The molecule has 0 saturated heterocycles. The normalized spacial score (nSPS) is 12.0. The lowest BCUT2D eigenvalue weighted by molar-refractivity contribution is -0.131. The minimum absolute atomic E-state index is 0.0432. The number of carbonyl (C=O) groups excluding carboxylic acids is 1. The van der Waals surface area contributed by atoms with E-state index >= 15 is 0 Å². The van der Waals surface area contributed by atoms with Crippen LogP contribution < -0.4 is 10.3 Å². The van der Waals surface area contributed by atoms with Gasteiger partial charge in [-0.1, -0.05) is 32.9 Å². The van der Waals surface area contributed by atoms with Gasteiger partial charge in [-0.05, 0) is 24.5 Å². The molecule has 0 aliphatic heterocycles. The van der Waals surface area contributed by atoms with Crippen LogP contribution in [0.15, 0.2) is 29.1 Å². The lowest BCUT2D eigenvalue weighted by Crippen LogP contribution is -2.29. The van der Waals surface area contributed by atoms with Gasteiger partial charge in [-0.15, -0.1) is 11.3 Å². The van der Waals surface area contributed by atoms with Crippen molar-refractivity contribution in [3.05, 3.63) is 45.7 Å². The first-order valence-corrected chi connectivity index (χ1v) is 8.29. The standard InChI is InChI=1S/C18H19NO3S/c1-10-14(18(3,4)5)16(21)19-12-8-6-7-9-13(12)23-17(19)15(10)22-11(2)20/h6-9H,1-5H3.